The van der Waals surface area contributed by atoms with E-state index in [0.29, 0.717) is 0 Å². The zero-order valence-electron chi connectivity index (χ0n) is 7.08. The van der Waals surface area contributed by atoms with Crippen LogP contribution in [-0.2, 0) is 6.42 Å². The van der Waals surface area contributed by atoms with Crippen LogP contribution >= 0.6 is 0 Å². The highest BCUT2D eigenvalue weighted by molar-refractivity contribution is 5.43. The van der Waals surface area contributed by atoms with Crippen molar-refractivity contribution in [2.45, 2.75) is 19.4 Å². The van der Waals surface area contributed by atoms with Gasteiger partial charge in [-0.1, -0.05) is 18.2 Å². The van der Waals surface area contributed by atoms with E-state index in [1.807, 2.05) is 19.1 Å². The van der Waals surface area contributed by atoms with E-state index < -0.39 is 0 Å². The smallest absolute Gasteiger partial charge is 0.126 e. The van der Waals surface area contributed by atoms with E-state index in [4.69, 9.17) is 9.84 Å². The summed E-state index contributed by atoms with van der Waals surface area (Å²) in [5, 5.41) is 8.90. The zero-order valence-corrected chi connectivity index (χ0v) is 7.08. The molecule has 2 heteroatoms. The van der Waals surface area contributed by atoms with Crippen molar-refractivity contribution >= 4 is 0 Å². The molecule has 1 unspecified atom stereocenters. The number of ether oxygens (including phenoxy) is 1. The molecule has 0 bridgehead atoms. The first kappa shape index (κ1) is 7.62. The number of benzene rings is 1. The van der Waals surface area contributed by atoms with Crippen LogP contribution in [0.4, 0.5) is 0 Å². The Bertz CT molecular complexity index is 294. The fourth-order valence-corrected chi connectivity index (χ4v) is 1.60. The number of hydrogen-bond donors (Lipinski definition) is 1. The largest absolute Gasteiger partial charge is 0.487 e. The van der Waals surface area contributed by atoms with Gasteiger partial charge in [-0.25, -0.2) is 0 Å². The number of aryl methyl sites for hydroxylation is 1. The Kier molecular flexibility index (Phi) is 1.77. The van der Waals surface area contributed by atoms with Crippen molar-refractivity contribution in [2.75, 3.05) is 6.61 Å². The predicted molar refractivity (Wildman–Crippen MR) is 46.4 cm³/mol. The van der Waals surface area contributed by atoms with E-state index in [1.165, 1.54) is 5.56 Å². The molecule has 1 heterocycles. The van der Waals surface area contributed by atoms with Crippen molar-refractivity contribution in [1.29, 1.82) is 0 Å². The van der Waals surface area contributed by atoms with Gasteiger partial charge in [0.25, 0.3) is 0 Å². The highest BCUT2D eigenvalue weighted by Crippen LogP contribution is 2.31. The molecule has 0 amide bonds. The number of hydrogen-bond acceptors (Lipinski definition) is 2. The lowest BCUT2D eigenvalue weighted by atomic mass is 10.1. The van der Waals surface area contributed by atoms with Crippen LogP contribution in [0.1, 0.15) is 11.1 Å². The highest BCUT2D eigenvalue weighted by atomic mass is 16.5. The number of para-hydroxylation sites is 1. The molecule has 0 spiro atoms. The number of fused-ring (bicyclic) bond motifs is 1. The van der Waals surface area contributed by atoms with Gasteiger partial charge in [0.15, 0.2) is 0 Å². The van der Waals surface area contributed by atoms with E-state index in [2.05, 4.69) is 6.07 Å². The molecule has 1 aliphatic heterocycles. The van der Waals surface area contributed by atoms with Crippen LogP contribution in [0, 0.1) is 6.92 Å². The summed E-state index contributed by atoms with van der Waals surface area (Å²) in [5.74, 6) is 0.969. The minimum absolute atomic E-state index is 0.0268. The average molecular weight is 164 g/mol. The molecule has 1 aromatic carbocycles. The van der Waals surface area contributed by atoms with Crippen molar-refractivity contribution in [1.82, 2.24) is 0 Å². The van der Waals surface area contributed by atoms with E-state index in [-0.39, 0.29) is 12.7 Å². The van der Waals surface area contributed by atoms with Crippen LogP contribution in [0.3, 0.4) is 0 Å². The van der Waals surface area contributed by atoms with Gasteiger partial charge < -0.3 is 9.84 Å². The minimum atomic E-state index is -0.0268. The third kappa shape index (κ3) is 1.08. The molecule has 1 aliphatic rings. The maximum absolute atomic E-state index is 8.90. The van der Waals surface area contributed by atoms with Crippen molar-refractivity contribution < 1.29 is 9.84 Å². The Hall–Kier alpha value is -1.02. The van der Waals surface area contributed by atoms with E-state index in [9.17, 15) is 0 Å². The Morgan fingerprint density at radius 2 is 2.42 bits per heavy atom. The molecule has 64 valence electrons. The first-order valence-electron chi connectivity index (χ1n) is 4.17. The van der Waals surface area contributed by atoms with Gasteiger partial charge in [-0.3, -0.25) is 0 Å². The van der Waals surface area contributed by atoms with Gasteiger partial charge in [0.05, 0.1) is 6.61 Å². The highest BCUT2D eigenvalue weighted by Gasteiger charge is 2.22. The quantitative estimate of drug-likeness (QED) is 0.677. The van der Waals surface area contributed by atoms with Crippen LogP contribution in [0.2, 0.25) is 0 Å². The molecule has 2 rings (SSSR count). The number of rotatable bonds is 1. The minimum Gasteiger partial charge on any atom is -0.487 e. The first-order chi connectivity index (χ1) is 5.81. The summed E-state index contributed by atoms with van der Waals surface area (Å²) in [5.41, 5.74) is 2.37. The Balaban J connectivity index is 2.35. The Morgan fingerprint density at radius 3 is 3.08 bits per heavy atom. The summed E-state index contributed by atoms with van der Waals surface area (Å²) in [6.07, 6.45) is 0.814. The summed E-state index contributed by atoms with van der Waals surface area (Å²) in [6, 6.07) is 6.11. The van der Waals surface area contributed by atoms with Crippen LogP contribution in [0.15, 0.2) is 18.2 Å². The summed E-state index contributed by atoms with van der Waals surface area (Å²) in [7, 11) is 0. The zero-order chi connectivity index (χ0) is 8.55. The summed E-state index contributed by atoms with van der Waals surface area (Å²) in [4.78, 5) is 0. The van der Waals surface area contributed by atoms with Crippen LogP contribution in [0.5, 0.6) is 5.75 Å². The number of aliphatic hydroxyl groups is 1. The molecule has 12 heavy (non-hydrogen) atoms. The molecule has 1 atom stereocenters. The Morgan fingerprint density at radius 1 is 1.58 bits per heavy atom. The van der Waals surface area contributed by atoms with Crippen molar-refractivity contribution in [2.24, 2.45) is 0 Å². The predicted octanol–water partition coefficient (Wildman–Crippen LogP) is 1.29. The molecule has 0 aromatic heterocycles. The molecule has 2 nitrogen and oxygen atoms in total. The maximum Gasteiger partial charge on any atom is 0.126 e. The first-order valence-corrected chi connectivity index (χ1v) is 4.17. The third-order valence-electron chi connectivity index (χ3n) is 2.23. The normalized spacial score (nSPS) is 20.3. The molecular weight excluding hydrogens is 152 g/mol. The van der Waals surface area contributed by atoms with Gasteiger partial charge in [0.1, 0.15) is 11.9 Å². The molecule has 1 N–H and O–H groups in total. The summed E-state index contributed by atoms with van der Waals surface area (Å²) >= 11 is 0. The van der Waals surface area contributed by atoms with Crippen LogP contribution in [0.25, 0.3) is 0 Å². The van der Waals surface area contributed by atoms with Crippen molar-refractivity contribution in [3.8, 4) is 5.75 Å². The van der Waals surface area contributed by atoms with Gasteiger partial charge in [-0.05, 0) is 18.1 Å². The second-order valence-corrected chi connectivity index (χ2v) is 3.19. The van der Waals surface area contributed by atoms with Crippen LogP contribution in [-0.4, -0.2) is 17.8 Å². The van der Waals surface area contributed by atoms with Crippen molar-refractivity contribution in [3.05, 3.63) is 29.3 Å². The standard InChI is InChI=1S/C10H12O2/c1-7-3-2-4-8-5-9(6-11)12-10(7)8/h2-4,9,11H,5-6H2,1H3. The average Bonchev–Trinajstić information content (AvgIpc) is 2.49. The maximum atomic E-state index is 8.90. The fourth-order valence-electron chi connectivity index (χ4n) is 1.60. The van der Waals surface area contributed by atoms with Crippen molar-refractivity contribution in [3.63, 3.8) is 0 Å². The fraction of sp³-hybridized carbons (Fsp3) is 0.400. The second-order valence-electron chi connectivity index (χ2n) is 3.19. The molecular formula is C10H12O2. The van der Waals surface area contributed by atoms with Gasteiger partial charge in [-0.2, -0.15) is 0 Å². The van der Waals surface area contributed by atoms with E-state index in [0.717, 1.165) is 17.7 Å². The van der Waals surface area contributed by atoms with Gasteiger partial charge in [-0.15, -0.1) is 0 Å². The van der Waals surface area contributed by atoms with Crippen LogP contribution < -0.4 is 4.74 Å². The molecule has 1 aromatic rings. The molecule has 0 radical (unpaired) electrons. The second kappa shape index (κ2) is 2.79. The van der Waals surface area contributed by atoms with Gasteiger partial charge in [0, 0.05) is 6.42 Å². The van der Waals surface area contributed by atoms with Gasteiger partial charge >= 0.3 is 0 Å². The third-order valence-corrected chi connectivity index (χ3v) is 2.23. The van der Waals surface area contributed by atoms with E-state index in [1.54, 1.807) is 0 Å². The monoisotopic (exact) mass is 164 g/mol. The number of aliphatic hydroxyl groups excluding tert-OH is 1. The topological polar surface area (TPSA) is 29.5 Å². The lowest BCUT2D eigenvalue weighted by molar-refractivity contribution is 0.134. The Labute approximate surface area is 71.8 Å². The summed E-state index contributed by atoms with van der Waals surface area (Å²) < 4.78 is 5.54. The molecule has 0 aliphatic carbocycles. The lowest BCUT2D eigenvalue weighted by Gasteiger charge is -2.06. The summed E-state index contributed by atoms with van der Waals surface area (Å²) in [6.45, 7) is 2.13. The molecule has 0 saturated heterocycles. The SMILES string of the molecule is Cc1cccc2c1OC(CO)C2. The lowest BCUT2D eigenvalue weighted by Crippen LogP contribution is -2.17. The molecule has 0 saturated carbocycles. The van der Waals surface area contributed by atoms with Gasteiger partial charge in [0.2, 0.25) is 0 Å². The molecule has 0 fully saturated rings. The van der Waals surface area contributed by atoms with E-state index >= 15 is 0 Å².